The summed E-state index contributed by atoms with van der Waals surface area (Å²) < 4.78 is 53.5. The minimum atomic E-state index is -3.55. The molecule has 1 aromatic rings. The summed E-state index contributed by atoms with van der Waals surface area (Å²) in [4.78, 5) is 15.2. The Kier molecular flexibility index (Phi) is 7.76. The molecule has 8 nitrogen and oxygen atoms in total. The normalized spacial score (nSPS) is 30.1. The Morgan fingerprint density at radius 2 is 1.75 bits per heavy atom. The third kappa shape index (κ3) is 5.15. The van der Waals surface area contributed by atoms with Crippen LogP contribution in [0, 0.1) is 16.7 Å². The number of aryl methyl sites for hydroxylation is 1. The van der Waals surface area contributed by atoms with E-state index in [1.165, 1.54) is 17.4 Å². The van der Waals surface area contributed by atoms with Gasteiger partial charge in [-0.05, 0) is 93.3 Å². The summed E-state index contributed by atoms with van der Waals surface area (Å²) >= 11 is 0. The number of rotatable bonds is 9. The zero-order chi connectivity index (χ0) is 29.1. The molecular formula is C30H47N3O5S2. The van der Waals surface area contributed by atoms with Crippen molar-refractivity contribution in [3.05, 3.63) is 35.4 Å². The number of sulfone groups is 1. The van der Waals surface area contributed by atoms with E-state index in [0.29, 0.717) is 19.0 Å². The van der Waals surface area contributed by atoms with Crippen molar-refractivity contribution in [3.63, 3.8) is 0 Å². The molecule has 1 aromatic carbocycles. The van der Waals surface area contributed by atoms with E-state index in [-0.39, 0.29) is 40.7 Å². The van der Waals surface area contributed by atoms with Gasteiger partial charge in [-0.3, -0.25) is 9.69 Å². The number of benzene rings is 1. The number of nitrogens with one attached hydrogen (secondary N) is 1. The molecule has 2 saturated carbocycles. The number of amides is 1. The number of hydrogen-bond donors (Lipinski definition) is 1. The molecule has 0 aromatic heterocycles. The molecule has 0 unspecified atom stereocenters. The largest absolute Gasteiger partial charge is 0.351 e. The molecular weight excluding hydrogens is 546 g/mol. The van der Waals surface area contributed by atoms with Crippen LogP contribution >= 0.6 is 0 Å². The molecule has 1 aliphatic heterocycles. The fourth-order valence-corrected chi connectivity index (χ4v) is 11.7. The van der Waals surface area contributed by atoms with Crippen LogP contribution in [-0.2, 0) is 36.5 Å². The van der Waals surface area contributed by atoms with Gasteiger partial charge in [-0.15, -0.1) is 0 Å². The van der Waals surface area contributed by atoms with Crippen molar-refractivity contribution >= 4 is 25.8 Å². The standard InChI is InChI=1S/C30H47N3O5S2/c1-28(2)23-11-14-30(28,26(20-23)31-27(34)25(32(3)4)12-19-39(5,35)36)21-40(37,38)33-17-15-29(16-18-33)13-10-22-8-6-7-9-24(22)29/h6-9,23,25-26H,10-21H2,1-5H3,(H,31,34)/t23-,25+,26+,30-/m1/s1. The summed E-state index contributed by atoms with van der Waals surface area (Å²) in [6.07, 6.45) is 7.78. The summed E-state index contributed by atoms with van der Waals surface area (Å²) in [5.74, 6) is 0.122. The maximum Gasteiger partial charge on any atom is 0.237 e. The molecule has 3 fully saturated rings. The monoisotopic (exact) mass is 593 g/mol. The van der Waals surface area contributed by atoms with Crippen LogP contribution in [0.25, 0.3) is 0 Å². The molecule has 1 N–H and O–H groups in total. The van der Waals surface area contributed by atoms with Crippen LogP contribution in [0.2, 0.25) is 0 Å². The van der Waals surface area contributed by atoms with Gasteiger partial charge in [0.05, 0.1) is 17.5 Å². The molecule has 0 radical (unpaired) electrons. The Morgan fingerprint density at radius 1 is 1.07 bits per heavy atom. The molecule has 3 aliphatic carbocycles. The molecule has 1 saturated heterocycles. The fourth-order valence-electron chi connectivity index (χ4n) is 8.73. The first kappa shape index (κ1) is 30.0. The summed E-state index contributed by atoms with van der Waals surface area (Å²) in [6.45, 7) is 5.45. The van der Waals surface area contributed by atoms with Gasteiger partial charge in [0.1, 0.15) is 9.84 Å². The predicted molar refractivity (Wildman–Crippen MR) is 158 cm³/mol. The van der Waals surface area contributed by atoms with Gasteiger partial charge < -0.3 is 5.32 Å². The van der Waals surface area contributed by atoms with E-state index in [1.807, 2.05) is 0 Å². The zero-order valence-corrected chi connectivity index (χ0v) is 26.4. The topological polar surface area (TPSA) is 104 Å². The summed E-state index contributed by atoms with van der Waals surface area (Å²) in [7, 11) is -3.19. The molecule has 10 heteroatoms. The van der Waals surface area contributed by atoms with E-state index >= 15 is 0 Å². The van der Waals surface area contributed by atoms with Crippen molar-refractivity contribution in [2.24, 2.45) is 16.7 Å². The molecule has 40 heavy (non-hydrogen) atoms. The van der Waals surface area contributed by atoms with Gasteiger partial charge in [-0.2, -0.15) is 0 Å². The van der Waals surface area contributed by atoms with Gasteiger partial charge in [-0.25, -0.2) is 21.1 Å². The van der Waals surface area contributed by atoms with Gasteiger partial charge in [0.15, 0.2) is 0 Å². The average Bonchev–Trinajstić information content (AvgIpc) is 3.40. The van der Waals surface area contributed by atoms with Gasteiger partial charge in [0.2, 0.25) is 15.9 Å². The number of likely N-dealkylation sites (N-methyl/N-ethyl adjacent to an activating group) is 1. The number of nitrogens with zero attached hydrogens (tertiary/aromatic N) is 2. The lowest BCUT2D eigenvalue weighted by Crippen LogP contribution is -2.57. The van der Waals surface area contributed by atoms with E-state index < -0.39 is 31.3 Å². The van der Waals surface area contributed by atoms with Gasteiger partial charge in [0, 0.05) is 30.8 Å². The van der Waals surface area contributed by atoms with E-state index in [1.54, 1.807) is 23.3 Å². The first-order chi connectivity index (χ1) is 18.6. The Labute approximate surface area is 241 Å². The molecule has 224 valence electrons. The minimum absolute atomic E-state index is 0.0496. The van der Waals surface area contributed by atoms with Crippen LogP contribution in [0.5, 0.6) is 0 Å². The number of carbonyl (C=O) groups is 1. The van der Waals surface area contributed by atoms with Crippen LogP contribution in [0.15, 0.2) is 24.3 Å². The third-order valence-corrected chi connectivity index (χ3v) is 14.4. The second kappa shape index (κ2) is 10.3. The molecule has 2 bridgehead atoms. The van der Waals surface area contributed by atoms with E-state index in [9.17, 15) is 21.6 Å². The van der Waals surface area contributed by atoms with E-state index in [0.717, 1.165) is 44.9 Å². The molecule has 1 heterocycles. The number of piperidine rings is 1. The average molecular weight is 594 g/mol. The Hall–Kier alpha value is -1.49. The highest BCUT2D eigenvalue weighted by atomic mass is 32.2. The lowest BCUT2D eigenvalue weighted by Gasteiger charge is -2.45. The number of carbonyl (C=O) groups excluding carboxylic acids is 1. The van der Waals surface area contributed by atoms with Crippen molar-refractivity contribution in [2.75, 3.05) is 44.9 Å². The Morgan fingerprint density at radius 3 is 2.38 bits per heavy atom. The summed E-state index contributed by atoms with van der Waals surface area (Å²) in [5, 5.41) is 3.24. The molecule has 5 rings (SSSR count). The predicted octanol–water partition coefficient (Wildman–Crippen LogP) is 2.97. The highest BCUT2D eigenvalue weighted by molar-refractivity contribution is 7.90. The SMILES string of the molecule is CN(C)[C@@H](CCS(C)(=O)=O)C(=O)N[C@H]1C[C@H]2CC[C@]1(CS(=O)(=O)N1CCC3(CCc4ccccc43)CC1)C2(C)C. The number of hydrogen-bond acceptors (Lipinski definition) is 6. The molecule has 4 aliphatic rings. The van der Waals surface area contributed by atoms with E-state index in [2.05, 4.69) is 43.4 Å². The maximum absolute atomic E-state index is 14.1. The number of sulfonamides is 1. The maximum atomic E-state index is 14.1. The van der Waals surface area contributed by atoms with Crippen molar-refractivity contribution in [1.29, 1.82) is 0 Å². The van der Waals surface area contributed by atoms with E-state index in [4.69, 9.17) is 0 Å². The first-order valence-corrected chi connectivity index (χ1v) is 18.5. The smallest absolute Gasteiger partial charge is 0.237 e. The van der Waals surface area contributed by atoms with Gasteiger partial charge in [0.25, 0.3) is 0 Å². The summed E-state index contributed by atoms with van der Waals surface area (Å²) in [5.41, 5.74) is 2.15. The second-order valence-electron chi connectivity index (χ2n) is 13.9. The molecule has 1 amide bonds. The van der Waals surface area contributed by atoms with Crippen LogP contribution < -0.4 is 5.32 Å². The Balaban J connectivity index is 1.32. The van der Waals surface area contributed by atoms with Crippen molar-refractivity contribution in [3.8, 4) is 0 Å². The van der Waals surface area contributed by atoms with Crippen LogP contribution in [0.3, 0.4) is 0 Å². The zero-order valence-electron chi connectivity index (χ0n) is 24.8. The quantitative estimate of drug-likeness (QED) is 0.472. The highest BCUT2D eigenvalue weighted by Gasteiger charge is 2.66. The van der Waals surface area contributed by atoms with Crippen molar-refractivity contribution in [1.82, 2.24) is 14.5 Å². The highest BCUT2D eigenvalue weighted by Crippen LogP contribution is 2.66. The Bertz CT molecular complexity index is 1350. The number of fused-ring (bicyclic) bond motifs is 4. The molecule has 4 atom stereocenters. The van der Waals surface area contributed by atoms with Crippen molar-refractivity contribution in [2.45, 2.75) is 82.7 Å². The lowest BCUT2D eigenvalue weighted by molar-refractivity contribution is -0.127. The third-order valence-electron chi connectivity index (χ3n) is 11.4. The molecule has 1 spiro atoms. The van der Waals surface area contributed by atoms with Gasteiger partial charge >= 0.3 is 0 Å². The fraction of sp³-hybridized carbons (Fsp3) is 0.767. The van der Waals surface area contributed by atoms with Crippen LogP contribution in [0.1, 0.15) is 69.9 Å². The van der Waals surface area contributed by atoms with Gasteiger partial charge in [-0.1, -0.05) is 38.1 Å². The van der Waals surface area contributed by atoms with Crippen LogP contribution in [0.4, 0.5) is 0 Å². The minimum Gasteiger partial charge on any atom is -0.351 e. The lowest BCUT2D eigenvalue weighted by atomic mass is 9.69. The van der Waals surface area contributed by atoms with Crippen LogP contribution in [-0.4, -0.2) is 89.0 Å². The summed E-state index contributed by atoms with van der Waals surface area (Å²) in [6, 6.07) is 7.80. The first-order valence-electron chi connectivity index (χ1n) is 14.8. The van der Waals surface area contributed by atoms with Crippen molar-refractivity contribution < 1.29 is 21.6 Å². The second-order valence-corrected chi connectivity index (χ2v) is 18.1.